The molecule has 0 aliphatic carbocycles. The zero-order valence-electron chi connectivity index (χ0n) is 12.5. The van der Waals surface area contributed by atoms with Crippen LogP contribution in [0.2, 0.25) is 0 Å². The summed E-state index contributed by atoms with van der Waals surface area (Å²) in [7, 11) is 0. The molecule has 3 rings (SSSR count). The molecule has 0 radical (unpaired) electrons. The van der Waals surface area contributed by atoms with Crippen LogP contribution in [0.5, 0.6) is 0 Å². The third kappa shape index (κ3) is 3.90. The number of benzene rings is 1. The van der Waals surface area contributed by atoms with Crippen LogP contribution >= 0.6 is 0 Å². The molecule has 1 aliphatic rings. The topological polar surface area (TPSA) is 54.2 Å². The maximum absolute atomic E-state index is 13.2. The molecule has 0 amide bonds. The van der Waals surface area contributed by atoms with E-state index in [1.54, 1.807) is 24.8 Å². The van der Waals surface area contributed by atoms with Crippen molar-refractivity contribution in [2.75, 3.05) is 19.6 Å². The van der Waals surface area contributed by atoms with Gasteiger partial charge in [-0.25, -0.2) is 9.37 Å². The fraction of sp³-hybridized carbons (Fsp3) is 0.500. The number of nitrogens with zero attached hydrogens (tertiary/aromatic N) is 4. The number of piperidine rings is 1. The van der Waals surface area contributed by atoms with Crippen molar-refractivity contribution in [3.8, 4) is 0 Å². The summed E-state index contributed by atoms with van der Waals surface area (Å²) in [5, 5.41) is 14.5. The van der Waals surface area contributed by atoms with Gasteiger partial charge >= 0.3 is 0 Å². The Morgan fingerprint density at radius 3 is 3.09 bits per heavy atom. The zero-order chi connectivity index (χ0) is 15.4. The minimum absolute atomic E-state index is 0.306. The molecule has 6 heteroatoms. The summed E-state index contributed by atoms with van der Waals surface area (Å²) >= 11 is 0. The second-order valence-corrected chi connectivity index (χ2v) is 5.96. The lowest BCUT2D eigenvalue weighted by molar-refractivity contribution is 0.0798. The summed E-state index contributed by atoms with van der Waals surface area (Å²) < 4.78 is 15.1. The highest BCUT2D eigenvalue weighted by atomic mass is 19.1. The minimum Gasteiger partial charge on any atom is -0.387 e. The average Bonchev–Trinajstić information content (AvgIpc) is 3.00. The lowest BCUT2D eigenvalue weighted by Crippen LogP contribution is -2.39. The van der Waals surface area contributed by atoms with Gasteiger partial charge < -0.3 is 10.0 Å². The summed E-state index contributed by atoms with van der Waals surface area (Å²) in [6.07, 6.45) is 4.90. The van der Waals surface area contributed by atoms with E-state index in [0.29, 0.717) is 18.0 Å². The van der Waals surface area contributed by atoms with Crippen LogP contribution in [-0.2, 0) is 6.54 Å². The number of hydrogen-bond acceptors (Lipinski definition) is 4. The van der Waals surface area contributed by atoms with E-state index in [-0.39, 0.29) is 5.82 Å². The molecule has 0 spiro atoms. The average molecular weight is 304 g/mol. The third-order valence-corrected chi connectivity index (χ3v) is 4.18. The molecular formula is C16H21FN4O. The highest BCUT2D eigenvalue weighted by molar-refractivity contribution is 5.19. The Morgan fingerprint density at radius 2 is 2.32 bits per heavy atom. The van der Waals surface area contributed by atoms with E-state index >= 15 is 0 Å². The fourth-order valence-corrected chi connectivity index (χ4v) is 3.12. The summed E-state index contributed by atoms with van der Waals surface area (Å²) in [5.74, 6) is 0.203. The summed E-state index contributed by atoms with van der Waals surface area (Å²) in [6, 6.07) is 6.20. The van der Waals surface area contributed by atoms with Crippen LogP contribution in [0.1, 0.15) is 24.5 Å². The molecule has 0 unspecified atom stereocenters. The van der Waals surface area contributed by atoms with Gasteiger partial charge in [0.15, 0.2) is 0 Å². The van der Waals surface area contributed by atoms with Gasteiger partial charge in [-0.15, -0.1) is 0 Å². The van der Waals surface area contributed by atoms with Gasteiger partial charge in [0.25, 0.3) is 0 Å². The molecule has 118 valence electrons. The van der Waals surface area contributed by atoms with Gasteiger partial charge in [0, 0.05) is 19.6 Å². The standard InChI is InChI=1S/C16H21FN4O/c17-15-5-1-4-14(7-15)16(22)10-20-6-2-3-13(8-20)9-21-12-18-11-19-21/h1,4-5,7,11-13,16,22H,2-3,6,8-10H2/t13-,16+/m0/s1. The lowest BCUT2D eigenvalue weighted by atomic mass is 9.97. The van der Waals surface area contributed by atoms with Gasteiger partial charge in [0.2, 0.25) is 0 Å². The molecule has 1 saturated heterocycles. The first-order chi connectivity index (χ1) is 10.7. The Balaban J connectivity index is 1.55. The molecule has 5 nitrogen and oxygen atoms in total. The van der Waals surface area contributed by atoms with Crippen molar-refractivity contribution < 1.29 is 9.50 Å². The van der Waals surface area contributed by atoms with E-state index in [2.05, 4.69) is 15.0 Å². The van der Waals surface area contributed by atoms with Crippen molar-refractivity contribution in [2.45, 2.75) is 25.5 Å². The van der Waals surface area contributed by atoms with Crippen LogP contribution in [-0.4, -0.2) is 44.4 Å². The Kier molecular flexibility index (Phi) is 4.80. The van der Waals surface area contributed by atoms with Crippen molar-refractivity contribution in [3.63, 3.8) is 0 Å². The van der Waals surface area contributed by atoms with Gasteiger partial charge in [0.1, 0.15) is 18.5 Å². The lowest BCUT2D eigenvalue weighted by Gasteiger charge is -2.33. The minimum atomic E-state index is -0.652. The second kappa shape index (κ2) is 6.98. The molecule has 2 heterocycles. The molecule has 22 heavy (non-hydrogen) atoms. The van der Waals surface area contributed by atoms with E-state index in [1.165, 1.54) is 12.1 Å². The molecule has 0 bridgehead atoms. The Morgan fingerprint density at radius 1 is 1.41 bits per heavy atom. The van der Waals surface area contributed by atoms with Crippen molar-refractivity contribution in [1.29, 1.82) is 0 Å². The predicted molar refractivity (Wildman–Crippen MR) is 80.5 cm³/mol. The van der Waals surface area contributed by atoms with Gasteiger partial charge in [-0.2, -0.15) is 5.10 Å². The first kappa shape index (κ1) is 15.1. The van der Waals surface area contributed by atoms with Crippen LogP contribution in [0.25, 0.3) is 0 Å². The van der Waals surface area contributed by atoms with Gasteiger partial charge in [0.05, 0.1) is 6.10 Å². The van der Waals surface area contributed by atoms with Crippen molar-refractivity contribution >= 4 is 0 Å². The first-order valence-corrected chi connectivity index (χ1v) is 7.69. The van der Waals surface area contributed by atoms with Gasteiger partial charge in [-0.1, -0.05) is 12.1 Å². The molecule has 1 aromatic carbocycles. The number of β-amino-alcohol motifs (C(OH)–C–C–N with tert-alkyl or cyclic N) is 1. The Hall–Kier alpha value is -1.79. The van der Waals surface area contributed by atoms with Gasteiger partial charge in [-0.05, 0) is 43.0 Å². The number of aliphatic hydroxyl groups excluding tert-OH is 1. The largest absolute Gasteiger partial charge is 0.387 e. The summed E-state index contributed by atoms with van der Waals surface area (Å²) in [4.78, 5) is 6.22. The molecule has 2 atom stereocenters. The van der Waals surface area contributed by atoms with E-state index in [1.807, 2.05) is 4.68 Å². The summed E-state index contributed by atoms with van der Waals surface area (Å²) in [5.41, 5.74) is 0.637. The molecule has 1 N–H and O–H groups in total. The fourth-order valence-electron chi connectivity index (χ4n) is 3.12. The van der Waals surface area contributed by atoms with Crippen molar-refractivity contribution in [3.05, 3.63) is 48.3 Å². The smallest absolute Gasteiger partial charge is 0.137 e. The quantitative estimate of drug-likeness (QED) is 0.916. The van der Waals surface area contributed by atoms with Crippen LogP contribution in [0.3, 0.4) is 0 Å². The molecule has 0 saturated carbocycles. The van der Waals surface area contributed by atoms with Crippen molar-refractivity contribution in [1.82, 2.24) is 19.7 Å². The van der Waals surface area contributed by atoms with E-state index in [9.17, 15) is 9.50 Å². The van der Waals surface area contributed by atoms with Crippen LogP contribution in [0, 0.1) is 11.7 Å². The monoisotopic (exact) mass is 304 g/mol. The maximum Gasteiger partial charge on any atom is 0.137 e. The first-order valence-electron chi connectivity index (χ1n) is 7.69. The third-order valence-electron chi connectivity index (χ3n) is 4.18. The number of aliphatic hydroxyl groups is 1. The molecular weight excluding hydrogens is 283 g/mol. The number of aromatic nitrogens is 3. The van der Waals surface area contributed by atoms with E-state index in [0.717, 1.165) is 32.5 Å². The van der Waals surface area contributed by atoms with Crippen LogP contribution < -0.4 is 0 Å². The second-order valence-electron chi connectivity index (χ2n) is 5.96. The Labute approximate surface area is 129 Å². The molecule has 1 fully saturated rings. The number of likely N-dealkylation sites (tertiary alicyclic amines) is 1. The molecule has 1 aliphatic heterocycles. The van der Waals surface area contributed by atoms with Crippen LogP contribution in [0.4, 0.5) is 4.39 Å². The number of rotatable bonds is 5. The van der Waals surface area contributed by atoms with Gasteiger partial charge in [-0.3, -0.25) is 4.68 Å². The van der Waals surface area contributed by atoms with E-state index < -0.39 is 6.10 Å². The number of halogens is 1. The molecule has 1 aromatic heterocycles. The number of hydrogen-bond donors (Lipinski definition) is 1. The SMILES string of the molecule is O[C@H](CN1CCC[C@H](Cn2cncn2)C1)c1cccc(F)c1. The highest BCUT2D eigenvalue weighted by Gasteiger charge is 2.23. The Bertz CT molecular complexity index is 590. The highest BCUT2D eigenvalue weighted by Crippen LogP contribution is 2.21. The van der Waals surface area contributed by atoms with Crippen molar-refractivity contribution in [2.24, 2.45) is 5.92 Å². The van der Waals surface area contributed by atoms with E-state index in [4.69, 9.17) is 0 Å². The van der Waals surface area contributed by atoms with Crippen LogP contribution in [0.15, 0.2) is 36.9 Å². The predicted octanol–water partition coefficient (Wildman–Crippen LogP) is 1.86. The summed E-state index contributed by atoms with van der Waals surface area (Å²) in [6.45, 7) is 3.29. The normalized spacial score (nSPS) is 20.9. The zero-order valence-corrected chi connectivity index (χ0v) is 12.5. The molecule has 2 aromatic rings. The maximum atomic E-state index is 13.2.